The Balaban J connectivity index is 1.73. The summed E-state index contributed by atoms with van der Waals surface area (Å²) in [5.41, 5.74) is 3.72. The lowest BCUT2D eigenvalue weighted by atomic mass is 9.86. The molecule has 1 aromatic carbocycles. The number of rotatable bonds is 6. The van der Waals surface area contributed by atoms with E-state index >= 15 is 0 Å². The molecule has 0 saturated heterocycles. The van der Waals surface area contributed by atoms with Crippen molar-refractivity contribution in [3.63, 3.8) is 0 Å². The first-order valence-corrected chi connectivity index (χ1v) is 10.5. The molecular weight excluding hydrogens is 374 g/mol. The second-order valence-corrected chi connectivity index (χ2v) is 8.11. The Labute approximate surface area is 178 Å². The number of aryl methyl sites for hydroxylation is 2. The summed E-state index contributed by atoms with van der Waals surface area (Å²) in [6.07, 6.45) is 7.84. The first-order chi connectivity index (χ1) is 14.5. The summed E-state index contributed by atoms with van der Waals surface area (Å²) in [4.78, 5) is 16.9. The van der Waals surface area contributed by atoms with E-state index in [0.29, 0.717) is 12.5 Å². The van der Waals surface area contributed by atoms with Crippen LogP contribution in [-0.4, -0.2) is 16.9 Å². The Morgan fingerprint density at radius 2 is 2.00 bits per heavy atom. The molecule has 1 aliphatic carbocycles. The Morgan fingerprint density at radius 3 is 2.63 bits per heavy atom. The molecule has 5 nitrogen and oxygen atoms in total. The normalized spacial score (nSPS) is 19.1. The van der Waals surface area contributed by atoms with E-state index in [4.69, 9.17) is 4.74 Å². The fraction of sp³-hybridized carbons (Fsp3) is 0.400. The van der Waals surface area contributed by atoms with Gasteiger partial charge in [-0.15, -0.1) is 0 Å². The highest BCUT2D eigenvalue weighted by Gasteiger charge is 2.24. The average Bonchev–Trinajstić information content (AvgIpc) is 2.73. The van der Waals surface area contributed by atoms with Crippen LogP contribution < -0.4 is 10.1 Å². The third-order valence-electron chi connectivity index (χ3n) is 5.68. The Kier molecular flexibility index (Phi) is 7.24. The number of ether oxygens (including phenoxy) is 1. The van der Waals surface area contributed by atoms with Gasteiger partial charge in [0.2, 0.25) is 0 Å². The number of nitriles is 1. The lowest BCUT2D eigenvalue weighted by Crippen LogP contribution is -2.41. The number of benzene rings is 1. The van der Waals surface area contributed by atoms with Gasteiger partial charge in [-0.2, -0.15) is 5.26 Å². The molecule has 0 aliphatic heterocycles. The van der Waals surface area contributed by atoms with Crippen LogP contribution in [-0.2, 0) is 11.4 Å². The van der Waals surface area contributed by atoms with Crippen molar-refractivity contribution < 1.29 is 9.53 Å². The van der Waals surface area contributed by atoms with E-state index < -0.39 is 0 Å². The molecule has 1 heterocycles. The molecular formula is C25H29N3O2. The van der Waals surface area contributed by atoms with Crippen LogP contribution >= 0.6 is 0 Å². The van der Waals surface area contributed by atoms with Gasteiger partial charge < -0.3 is 10.1 Å². The predicted octanol–water partition coefficient (Wildman–Crippen LogP) is 4.88. The highest BCUT2D eigenvalue weighted by Crippen LogP contribution is 2.27. The van der Waals surface area contributed by atoms with Gasteiger partial charge in [-0.1, -0.05) is 25.8 Å². The molecule has 1 N–H and O–H groups in total. The zero-order chi connectivity index (χ0) is 21.5. The number of hydrogen-bond acceptors (Lipinski definition) is 4. The fourth-order valence-corrected chi connectivity index (χ4v) is 4.02. The molecule has 2 unspecified atom stereocenters. The number of hydrogen-bond donors (Lipinski definition) is 1. The van der Waals surface area contributed by atoms with Gasteiger partial charge >= 0.3 is 0 Å². The van der Waals surface area contributed by atoms with Crippen LogP contribution in [0.2, 0.25) is 0 Å². The van der Waals surface area contributed by atoms with Crippen LogP contribution in [0.4, 0.5) is 0 Å². The van der Waals surface area contributed by atoms with Gasteiger partial charge in [0, 0.05) is 12.2 Å². The number of nitrogens with one attached hydrogen (secondary N) is 1. The highest BCUT2D eigenvalue weighted by molar-refractivity contribution is 6.01. The molecule has 2 atom stereocenters. The standard InChI is InChI=1S/C25H29N3O2/c1-17-8-4-5-10-23(17)28-25(29)21(15-26)14-20-12-18(2)24(19(3)13-20)30-16-22-9-6-7-11-27-22/h6-7,9,11-14,17,23H,4-5,8,10,16H2,1-3H3,(H,28,29)/b21-14+. The van der Waals surface area contributed by atoms with Crippen LogP contribution in [0.15, 0.2) is 42.1 Å². The summed E-state index contributed by atoms with van der Waals surface area (Å²) < 4.78 is 5.97. The van der Waals surface area contributed by atoms with E-state index in [9.17, 15) is 10.1 Å². The molecule has 0 radical (unpaired) electrons. The number of aromatic nitrogens is 1. The van der Waals surface area contributed by atoms with Crippen molar-refractivity contribution in [2.45, 2.75) is 59.1 Å². The average molecular weight is 404 g/mol. The number of pyridine rings is 1. The molecule has 1 amide bonds. The molecule has 1 aliphatic rings. The summed E-state index contributed by atoms with van der Waals surface area (Å²) in [7, 11) is 0. The molecule has 30 heavy (non-hydrogen) atoms. The van der Waals surface area contributed by atoms with Crippen molar-refractivity contribution in [2.24, 2.45) is 5.92 Å². The van der Waals surface area contributed by atoms with Crippen LogP contribution in [0.1, 0.15) is 55.0 Å². The minimum absolute atomic E-state index is 0.133. The highest BCUT2D eigenvalue weighted by atomic mass is 16.5. The van der Waals surface area contributed by atoms with Gasteiger partial charge in [-0.3, -0.25) is 9.78 Å². The monoisotopic (exact) mass is 403 g/mol. The SMILES string of the molecule is Cc1cc(/C=C(\C#N)C(=O)NC2CCCCC2C)cc(C)c1OCc1ccccn1. The van der Waals surface area contributed by atoms with E-state index in [2.05, 4.69) is 23.3 Å². The summed E-state index contributed by atoms with van der Waals surface area (Å²) in [6, 6.07) is 11.8. The van der Waals surface area contributed by atoms with E-state index in [1.165, 1.54) is 6.42 Å². The van der Waals surface area contributed by atoms with Gasteiger partial charge in [0.05, 0.1) is 5.69 Å². The molecule has 5 heteroatoms. The lowest BCUT2D eigenvalue weighted by Gasteiger charge is -2.29. The molecule has 1 saturated carbocycles. The third kappa shape index (κ3) is 5.48. The largest absolute Gasteiger partial charge is 0.487 e. The number of amides is 1. The first-order valence-electron chi connectivity index (χ1n) is 10.5. The fourth-order valence-electron chi connectivity index (χ4n) is 4.02. The Hall–Kier alpha value is -3.13. The second-order valence-electron chi connectivity index (χ2n) is 8.11. The van der Waals surface area contributed by atoms with Crippen LogP contribution in [0.25, 0.3) is 6.08 Å². The van der Waals surface area contributed by atoms with Crippen molar-refractivity contribution in [3.8, 4) is 11.8 Å². The van der Waals surface area contributed by atoms with Crippen molar-refractivity contribution >= 4 is 12.0 Å². The van der Waals surface area contributed by atoms with Gasteiger partial charge in [0.25, 0.3) is 5.91 Å². The second kappa shape index (κ2) is 10.1. The van der Waals surface area contributed by atoms with Gasteiger partial charge in [-0.05, 0) is 79.6 Å². The maximum atomic E-state index is 12.7. The minimum Gasteiger partial charge on any atom is -0.487 e. The number of nitrogens with zero attached hydrogens (tertiary/aromatic N) is 2. The molecule has 0 bridgehead atoms. The van der Waals surface area contributed by atoms with E-state index in [1.807, 2.05) is 44.2 Å². The molecule has 156 valence electrons. The third-order valence-corrected chi connectivity index (χ3v) is 5.68. The van der Waals surface area contributed by atoms with Crippen molar-refractivity contribution in [1.29, 1.82) is 5.26 Å². The molecule has 1 aromatic heterocycles. The minimum atomic E-state index is -0.290. The zero-order valence-corrected chi connectivity index (χ0v) is 17.9. The summed E-state index contributed by atoms with van der Waals surface area (Å²) in [6.45, 7) is 6.49. The van der Waals surface area contributed by atoms with Crippen molar-refractivity contribution in [2.75, 3.05) is 0 Å². The number of carbonyl (C=O) groups is 1. The summed E-state index contributed by atoms with van der Waals surface area (Å²) >= 11 is 0. The molecule has 1 fully saturated rings. The maximum absolute atomic E-state index is 12.7. The summed E-state index contributed by atoms with van der Waals surface area (Å²) in [5, 5.41) is 12.6. The smallest absolute Gasteiger partial charge is 0.262 e. The van der Waals surface area contributed by atoms with Gasteiger partial charge in [0.15, 0.2) is 0 Å². The quantitative estimate of drug-likeness (QED) is 0.551. The van der Waals surface area contributed by atoms with Crippen molar-refractivity contribution in [3.05, 3.63) is 64.5 Å². The van der Waals surface area contributed by atoms with Crippen molar-refractivity contribution in [1.82, 2.24) is 10.3 Å². The lowest BCUT2D eigenvalue weighted by molar-refractivity contribution is -0.118. The maximum Gasteiger partial charge on any atom is 0.262 e. The zero-order valence-electron chi connectivity index (χ0n) is 17.9. The topological polar surface area (TPSA) is 75.0 Å². The molecule has 2 aromatic rings. The van der Waals surface area contributed by atoms with Crippen LogP contribution in [0, 0.1) is 31.1 Å². The predicted molar refractivity (Wildman–Crippen MR) is 118 cm³/mol. The van der Waals surface area contributed by atoms with E-state index in [-0.39, 0.29) is 17.5 Å². The van der Waals surface area contributed by atoms with E-state index in [0.717, 1.165) is 47.4 Å². The van der Waals surface area contributed by atoms with Crippen LogP contribution in [0.5, 0.6) is 5.75 Å². The Bertz CT molecular complexity index is 937. The van der Waals surface area contributed by atoms with E-state index in [1.54, 1.807) is 12.3 Å². The van der Waals surface area contributed by atoms with Gasteiger partial charge in [-0.25, -0.2) is 0 Å². The first kappa shape index (κ1) is 21.6. The number of carbonyl (C=O) groups excluding carboxylic acids is 1. The Morgan fingerprint density at radius 1 is 1.27 bits per heavy atom. The molecule has 3 rings (SSSR count). The van der Waals surface area contributed by atoms with Crippen LogP contribution in [0.3, 0.4) is 0 Å². The molecule has 0 spiro atoms. The summed E-state index contributed by atoms with van der Waals surface area (Å²) in [5.74, 6) is 0.960. The van der Waals surface area contributed by atoms with Gasteiger partial charge in [0.1, 0.15) is 24.0 Å².